The number of hydrogen-bond acceptors (Lipinski definition) is 1. The summed E-state index contributed by atoms with van der Waals surface area (Å²) in [5.74, 6) is -0.408. The van der Waals surface area contributed by atoms with Crippen LogP contribution >= 0.6 is 0 Å². The van der Waals surface area contributed by atoms with Crippen LogP contribution in [0.2, 0.25) is 0 Å². The Labute approximate surface area is 128 Å². The zero-order valence-electron chi connectivity index (χ0n) is 12.7. The largest absolute Gasteiger partial charge is 0.383 e. The van der Waals surface area contributed by atoms with Crippen LogP contribution in [0.25, 0.3) is 0 Å². The van der Waals surface area contributed by atoms with E-state index in [-0.39, 0.29) is 5.56 Å². The van der Waals surface area contributed by atoms with Gasteiger partial charge in [-0.2, -0.15) is 8.78 Å². The first-order chi connectivity index (χ1) is 10.4. The van der Waals surface area contributed by atoms with Crippen LogP contribution in [0.15, 0.2) is 48.5 Å². The summed E-state index contributed by atoms with van der Waals surface area (Å²) >= 11 is 0. The molecule has 1 atom stereocenters. The molecular formula is C18H19F3O. The van der Waals surface area contributed by atoms with Gasteiger partial charge < -0.3 is 4.74 Å². The van der Waals surface area contributed by atoms with Crippen molar-refractivity contribution in [3.05, 3.63) is 71.0 Å². The van der Waals surface area contributed by atoms with Crippen LogP contribution in [0.3, 0.4) is 0 Å². The van der Waals surface area contributed by atoms with Gasteiger partial charge in [-0.25, -0.2) is 4.39 Å². The fourth-order valence-electron chi connectivity index (χ4n) is 2.25. The van der Waals surface area contributed by atoms with Gasteiger partial charge in [0.2, 0.25) is 0 Å². The lowest BCUT2D eigenvalue weighted by Crippen LogP contribution is -2.20. The van der Waals surface area contributed by atoms with Gasteiger partial charge in [0.25, 0.3) is 0 Å². The molecule has 2 aromatic rings. The van der Waals surface area contributed by atoms with E-state index in [2.05, 4.69) is 0 Å². The van der Waals surface area contributed by atoms with Gasteiger partial charge in [0.1, 0.15) is 5.82 Å². The van der Waals surface area contributed by atoms with E-state index in [9.17, 15) is 13.2 Å². The van der Waals surface area contributed by atoms with Gasteiger partial charge in [-0.3, -0.25) is 0 Å². The first-order valence-electron chi connectivity index (χ1n) is 7.33. The molecule has 0 bridgehead atoms. The van der Waals surface area contributed by atoms with Crippen LogP contribution in [0, 0.1) is 5.82 Å². The van der Waals surface area contributed by atoms with Gasteiger partial charge in [0.15, 0.2) is 0 Å². The molecule has 4 heteroatoms. The van der Waals surface area contributed by atoms with Gasteiger partial charge in [-0.15, -0.1) is 0 Å². The van der Waals surface area contributed by atoms with Crippen LogP contribution in [-0.4, -0.2) is 0 Å². The topological polar surface area (TPSA) is 9.23 Å². The first-order valence-corrected chi connectivity index (χ1v) is 7.33. The maximum atomic E-state index is 14.2. The van der Waals surface area contributed by atoms with E-state index in [4.69, 9.17) is 4.74 Å². The third kappa shape index (κ3) is 4.10. The highest BCUT2D eigenvalue weighted by atomic mass is 19.3. The van der Waals surface area contributed by atoms with Gasteiger partial charge in [0, 0.05) is 0 Å². The third-order valence-corrected chi connectivity index (χ3v) is 3.49. The van der Waals surface area contributed by atoms with Crippen LogP contribution in [-0.2, 0) is 17.3 Å². The predicted molar refractivity (Wildman–Crippen MR) is 80.2 cm³/mol. The smallest absolute Gasteiger partial charge is 0.309 e. The highest BCUT2D eigenvalue weighted by molar-refractivity contribution is 5.25. The van der Waals surface area contributed by atoms with E-state index in [1.54, 1.807) is 12.1 Å². The number of rotatable bonds is 6. The molecule has 0 spiro atoms. The summed E-state index contributed by atoms with van der Waals surface area (Å²) in [6.45, 7) is 3.56. The number of halogens is 3. The van der Waals surface area contributed by atoms with E-state index in [1.807, 2.05) is 6.92 Å². The zero-order chi connectivity index (χ0) is 16.2. The van der Waals surface area contributed by atoms with Gasteiger partial charge in [-0.1, -0.05) is 49.7 Å². The molecule has 0 N–H and O–H groups in total. The van der Waals surface area contributed by atoms with Crippen molar-refractivity contribution < 1.29 is 17.9 Å². The van der Waals surface area contributed by atoms with Crippen molar-refractivity contribution in [2.24, 2.45) is 0 Å². The van der Waals surface area contributed by atoms with Gasteiger partial charge in [-0.05, 0) is 36.6 Å². The van der Waals surface area contributed by atoms with Crippen molar-refractivity contribution in [3.8, 4) is 0 Å². The molecule has 0 saturated heterocycles. The summed E-state index contributed by atoms with van der Waals surface area (Å²) in [6.07, 6.45) is -2.41. The van der Waals surface area contributed by atoms with Crippen molar-refractivity contribution in [1.82, 2.24) is 0 Å². The van der Waals surface area contributed by atoms with Crippen molar-refractivity contribution in [3.63, 3.8) is 0 Å². The predicted octanol–water partition coefficient (Wildman–Crippen LogP) is 5.61. The van der Waals surface area contributed by atoms with Crippen LogP contribution in [0.1, 0.15) is 43.1 Å². The molecule has 0 aliphatic carbocycles. The summed E-state index contributed by atoms with van der Waals surface area (Å²) in [5.41, 5.74) is 1.35. The van der Waals surface area contributed by atoms with Gasteiger partial charge in [0.05, 0.1) is 11.7 Å². The Balaban J connectivity index is 2.10. The molecule has 0 aliphatic heterocycles. The van der Waals surface area contributed by atoms with Crippen LogP contribution in [0.4, 0.5) is 13.2 Å². The van der Waals surface area contributed by atoms with Crippen molar-refractivity contribution in [1.29, 1.82) is 0 Å². The lowest BCUT2D eigenvalue weighted by atomic mass is 10.1. The minimum Gasteiger partial charge on any atom is -0.309 e. The first kappa shape index (κ1) is 16.6. The average molecular weight is 308 g/mol. The number of benzene rings is 2. The minimum atomic E-state index is -3.39. The summed E-state index contributed by atoms with van der Waals surface area (Å²) in [5, 5.41) is 0. The molecule has 0 radical (unpaired) electrons. The fraction of sp³-hybridized carbons (Fsp3) is 0.333. The van der Waals surface area contributed by atoms with E-state index in [0.717, 1.165) is 18.4 Å². The van der Waals surface area contributed by atoms with Crippen molar-refractivity contribution >= 4 is 0 Å². The molecule has 22 heavy (non-hydrogen) atoms. The summed E-state index contributed by atoms with van der Waals surface area (Å²) < 4.78 is 46.1. The SMILES string of the molecule is CCCc1ccc(C(F)(F)OC(C)c2ccc(F)cc2)cc1. The normalized spacial score (nSPS) is 13.1. The third-order valence-electron chi connectivity index (χ3n) is 3.49. The molecule has 0 amide bonds. The minimum absolute atomic E-state index is 0.179. The van der Waals surface area contributed by atoms with Crippen LogP contribution in [0.5, 0.6) is 0 Å². The quantitative estimate of drug-likeness (QED) is 0.674. The monoisotopic (exact) mass is 308 g/mol. The van der Waals surface area contributed by atoms with Crippen molar-refractivity contribution in [2.45, 2.75) is 38.9 Å². The zero-order valence-corrected chi connectivity index (χ0v) is 12.7. The van der Waals surface area contributed by atoms with E-state index in [0.29, 0.717) is 5.56 Å². The highest BCUT2D eigenvalue weighted by Gasteiger charge is 2.35. The fourth-order valence-corrected chi connectivity index (χ4v) is 2.25. The van der Waals surface area contributed by atoms with E-state index < -0.39 is 18.0 Å². The molecule has 2 aromatic carbocycles. The Kier molecular flexibility index (Phi) is 5.24. The van der Waals surface area contributed by atoms with E-state index >= 15 is 0 Å². The molecule has 2 rings (SSSR count). The molecule has 0 aromatic heterocycles. The summed E-state index contributed by atoms with van der Waals surface area (Å²) in [4.78, 5) is 0. The molecule has 118 valence electrons. The highest BCUT2D eigenvalue weighted by Crippen LogP contribution is 2.35. The average Bonchev–Trinajstić information content (AvgIpc) is 2.48. The molecule has 1 nitrogen and oxygen atoms in total. The van der Waals surface area contributed by atoms with Crippen molar-refractivity contribution in [2.75, 3.05) is 0 Å². The molecular weight excluding hydrogens is 289 g/mol. The van der Waals surface area contributed by atoms with Gasteiger partial charge >= 0.3 is 6.11 Å². The number of alkyl halides is 2. The molecule has 0 heterocycles. The van der Waals surface area contributed by atoms with E-state index in [1.165, 1.54) is 43.3 Å². The maximum Gasteiger partial charge on any atom is 0.383 e. The lowest BCUT2D eigenvalue weighted by molar-refractivity contribution is -0.272. The molecule has 0 saturated carbocycles. The number of ether oxygens (including phenoxy) is 1. The summed E-state index contributed by atoms with van der Waals surface area (Å²) in [6, 6.07) is 11.5. The Bertz CT molecular complexity index is 591. The Morgan fingerprint density at radius 2 is 1.59 bits per heavy atom. The summed E-state index contributed by atoms with van der Waals surface area (Å²) in [7, 11) is 0. The lowest BCUT2D eigenvalue weighted by Gasteiger charge is -2.22. The Hall–Kier alpha value is -1.81. The second kappa shape index (κ2) is 6.97. The van der Waals surface area contributed by atoms with Crippen LogP contribution < -0.4 is 0 Å². The Morgan fingerprint density at radius 1 is 1.00 bits per heavy atom. The molecule has 1 unspecified atom stereocenters. The second-order valence-corrected chi connectivity index (χ2v) is 5.28. The standard InChI is InChI=1S/C18H19F3O/c1-3-4-14-5-9-16(10-6-14)18(20,21)22-13(2)15-7-11-17(19)12-8-15/h5-13H,3-4H2,1-2H3. The maximum absolute atomic E-state index is 14.2. The Morgan fingerprint density at radius 3 is 2.14 bits per heavy atom. The number of hydrogen-bond donors (Lipinski definition) is 0. The molecule has 0 aliphatic rings. The number of aryl methyl sites for hydroxylation is 1. The molecule has 0 fully saturated rings. The second-order valence-electron chi connectivity index (χ2n) is 5.28.